The van der Waals surface area contributed by atoms with E-state index in [1.165, 1.54) is 43.4 Å². The third kappa shape index (κ3) is 4.45. The summed E-state index contributed by atoms with van der Waals surface area (Å²) in [6.45, 7) is -2.92. The molecule has 9 aromatic rings. The van der Waals surface area contributed by atoms with Gasteiger partial charge in [0.1, 0.15) is 5.82 Å². The van der Waals surface area contributed by atoms with Crippen LogP contribution in [0.1, 0.15) is 19.5 Å². The van der Waals surface area contributed by atoms with Crippen molar-refractivity contribution in [2.45, 2.75) is 13.2 Å². The van der Waals surface area contributed by atoms with Crippen LogP contribution >= 0.6 is 0 Å². The molecule has 0 spiro atoms. The van der Waals surface area contributed by atoms with E-state index in [9.17, 15) is 0 Å². The fourth-order valence-electron chi connectivity index (χ4n) is 7.18. The van der Waals surface area contributed by atoms with E-state index in [1.807, 2.05) is 42.5 Å². The molecule has 0 aliphatic heterocycles. The topological polar surface area (TPSA) is 17.8 Å². The molecule has 0 fully saturated rings. The Morgan fingerprint density at radius 3 is 1.81 bits per heavy atom. The largest absolute Gasteiger partial charge is 0.296 e. The molecule has 0 amide bonds. The highest BCUT2D eigenvalue weighted by molar-refractivity contribution is 6.21. The van der Waals surface area contributed by atoms with Gasteiger partial charge in [-0.25, -0.2) is 4.98 Å². The molecule has 0 atom stereocenters. The second-order valence-corrected chi connectivity index (χ2v) is 11.9. The first-order chi connectivity index (χ1) is 25.2. The monoisotopic (exact) mass is 605 g/mol. The van der Waals surface area contributed by atoms with Crippen LogP contribution in [0.3, 0.4) is 0 Å². The van der Waals surface area contributed by atoms with Gasteiger partial charge in [-0.3, -0.25) is 4.57 Å². The molecule has 222 valence electrons. The third-order valence-electron chi connectivity index (χ3n) is 9.27. The molecule has 8 aromatic carbocycles. The second-order valence-electron chi connectivity index (χ2n) is 11.9. The van der Waals surface area contributed by atoms with E-state index in [1.54, 1.807) is 10.6 Å². The minimum absolute atomic E-state index is 0.151. The molecule has 0 saturated carbocycles. The Morgan fingerprint density at radius 2 is 1.09 bits per heavy atom. The minimum atomic E-state index is -2.92. The Hall–Kier alpha value is -5.99. The Balaban J connectivity index is 1.22. The van der Waals surface area contributed by atoms with Crippen LogP contribution in [0.4, 0.5) is 0 Å². The van der Waals surface area contributed by atoms with Crippen LogP contribution in [0, 0.1) is 0 Å². The van der Waals surface area contributed by atoms with Crippen molar-refractivity contribution in [3.63, 3.8) is 0 Å². The third-order valence-corrected chi connectivity index (χ3v) is 9.27. The molecule has 1 aromatic heterocycles. The minimum Gasteiger partial charge on any atom is -0.296 e. The number of nitrogens with zero attached hydrogens (tertiary/aromatic N) is 2. The lowest BCUT2D eigenvalue weighted by atomic mass is 9.85. The maximum absolute atomic E-state index is 8.70. The molecular formula is C45H32N2. The van der Waals surface area contributed by atoms with E-state index in [2.05, 4.69) is 120 Å². The summed E-state index contributed by atoms with van der Waals surface area (Å²) in [5, 5.41) is 7.12. The Morgan fingerprint density at radius 1 is 0.532 bits per heavy atom. The highest BCUT2D eigenvalue weighted by atomic mass is 15.1. The molecule has 0 bridgehead atoms. The van der Waals surface area contributed by atoms with Crippen molar-refractivity contribution in [2.75, 3.05) is 0 Å². The number of para-hydroxylation sites is 3. The molecular weight excluding hydrogens is 569 g/mol. The average Bonchev–Trinajstić information content (AvgIpc) is 3.57. The molecule has 0 aliphatic carbocycles. The van der Waals surface area contributed by atoms with E-state index >= 15 is 0 Å². The number of aromatic nitrogens is 2. The van der Waals surface area contributed by atoms with Crippen LogP contribution in [0.2, 0.25) is 0 Å². The van der Waals surface area contributed by atoms with Crippen molar-refractivity contribution in [3.8, 4) is 39.1 Å². The van der Waals surface area contributed by atoms with Gasteiger partial charge in [0.15, 0.2) is 0 Å². The Labute approximate surface area is 281 Å². The smallest absolute Gasteiger partial charge is 0.114 e. The van der Waals surface area contributed by atoms with Crippen LogP contribution in [-0.4, -0.2) is 9.55 Å². The van der Waals surface area contributed by atoms with Gasteiger partial charge in [0.05, 0.1) is 16.7 Å². The highest BCUT2D eigenvalue weighted by Gasteiger charge is 2.18. The lowest BCUT2D eigenvalue weighted by Crippen LogP contribution is -2.02. The predicted molar refractivity (Wildman–Crippen MR) is 199 cm³/mol. The van der Waals surface area contributed by atoms with Crippen LogP contribution in [0.5, 0.6) is 0 Å². The Kier molecular flexibility index (Phi) is 5.32. The number of fused-ring (bicyclic) bond motifs is 4. The quantitative estimate of drug-likeness (QED) is 0.178. The lowest BCUT2D eigenvalue weighted by molar-refractivity contribution is 0.909. The fourth-order valence-corrected chi connectivity index (χ4v) is 7.18. The van der Waals surface area contributed by atoms with E-state index < -0.39 is 13.2 Å². The molecule has 0 radical (unpaired) electrons. The highest BCUT2D eigenvalue weighted by Crippen LogP contribution is 2.44. The summed E-state index contributed by atoms with van der Waals surface area (Å²) < 4.78 is 43.2. The summed E-state index contributed by atoms with van der Waals surface area (Å²) in [5.74, 6) is -0.151. The maximum Gasteiger partial charge on any atom is 0.114 e. The molecule has 0 aliphatic rings. The Bertz CT molecular complexity index is 2760. The van der Waals surface area contributed by atoms with Gasteiger partial charge < -0.3 is 0 Å². The zero-order valence-corrected chi connectivity index (χ0v) is 25.5. The van der Waals surface area contributed by atoms with E-state index in [0.29, 0.717) is 16.7 Å². The number of imidazole rings is 1. The first-order valence-corrected chi connectivity index (χ1v) is 15.8. The zero-order valence-electron chi connectivity index (χ0n) is 30.5. The van der Waals surface area contributed by atoms with Gasteiger partial charge in [0.25, 0.3) is 0 Å². The van der Waals surface area contributed by atoms with Gasteiger partial charge in [-0.2, -0.15) is 0 Å². The zero-order chi connectivity index (χ0) is 35.6. The molecule has 2 heteroatoms. The molecule has 9 rings (SSSR count). The van der Waals surface area contributed by atoms with Gasteiger partial charge in [0, 0.05) is 18.8 Å². The average molecular weight is 606 g/mol. The van der Waals surface area contributed by atoms with Gasteiger partial charge in [-0.05, 0) is 84.4 Å². The number of aryl methyl sites for hydroxylation is 1. The van der Waals surface area contributed by atoms with Crippen molar-refractivity contribution in [2.24, 2.45) is 0 Å². The fraction of sp³-hybridized carbons (Fsp3) is 0.0444. The van der Waals surface area contributed by atoms with Crippen molar-refractivity contribution in [1.29, 1.82) is 0 Å². The summed E-state index contributed by atoms with van der Waals surface area (Å²) in [5.41, 5.74) is 8.20. The van der Waals surface area contributed by atoms with Crippen LogP contribution < -0.4 is 0 Å². The molecule has 0 saturated heterocycles. The first kappa shape index (κ1) is 22.5. The SMILES string of the molecule is [2H]C([2H])([2H])C([2H])([2H])c1nc2ccccc2n1-c1ccccc1-c1ccc(-c2c3ccccc3c(-c3ccc4ccccc4c3)c3ccccc23)cc1. The molecule has 47 heavy (non-hydrogen) atoms. The number of benzene rings is 8. The van der Waals surface area contributed by atoms with Crippen molar-refractivity contribution < 1.29 is 6.85 Å². The lowest BCUT2D eigenvalue weighted by Gasteiger charge is -2.18. The van der Waals surface area contributed by atoms with Crippen LogP contribution in [-0.2, 0) is 6.37 Å². The van der Waals surface area contributed by atoms with Crippen molar-refractivity contribution in [1.82, 2.24) is 9.55 Å². The summed E-state index contributed by atoms with van der Waals surface area (Å²) in [7, 11) is 0. The summed E-state index contributed by atoms with van der Waals surface area (Å²) in [6, 6.07) is 55.9. The standard InChI is InChI=1S/C45H32N2/c1-2-43-46-40-20-10-12-22-42(40)47(43)41-21-11-9-15-35(41)31-24-26-32(27-25-31)44-36-16-5-7-18-38(36)45(39-19-8-6-17-37(39)44)34-28-23-30-13-3-4-14-33(30)29-34/h3-29H,2H2,1H3/i1D3,2D2. The van der Waals surface area contributed by atoms with Crippen molar-refractivity contribution >= 4 is 43.4 Å². The summed E-state index contributed by atoms with van der Waals surface area (Å²) >= 11 is 0. The summed E-state index contributed by atoms with van der Waals surface area (Å²) in [6.07, 6.45) is -2.69. The van der Waals surface area contributed by atoms with Gasteiger partial charge in [-0.1, -0.05) is 146 Å². The molecule has 1 heterocycles. The van der Waals surface area contributed by atoms with E-state index in [-0.39, 0.29) is 5.82 Å². The first-order valence-electron chi connectivity index (χ1n) is 18.3. The summed E-state index contributed by atoms with van der Waals surface area (Å²) in [4.78, 5) is 4.55. The van der Waals surface area contributed by atoms with Gasteiger partial charge >= 0.3 is 0 Å². The number of rotatable bonds is 5. The molecule has 2 nitrogen and oxygen atoms in total. The molecule has 0 N–H and O–H groups in total. The normalized spacial score (nSPS) is 13.7. The van der Waals surface area contributed by atoms with E-state index in [4.69, 9.17) is 6.85 Å². The molecule has 0 unspecified atom stereocenters. The second kappa shape index (κ2) is 11.1. The van der Waals surface area contributed by atoms with Crippen LogP contribution in [0.15, 0.2) is 164 Å². The van der Waals surface area contributed by atoms with Crippen LogP contribution in [0.25, 0.3) is 82.4 Å². The predicted octanol–water partition coefficient (Wildman–Crippen LogP) is 12.0. The maximum atomic E-state index is 8.70. The number of hydrogen-bond donors (Lipinski definition) is 0. The van der Waals surface area contributed by atoms with Gasteiger partial charge in [0.2, 0.25) is 0 Å². The number of hydrogen-bond acceptors (Lipinski definition) is 1. The van der Waals surface area contributed by atoms with Gasteiger partial charge in [-0.15, -0.1) is 0 Å². The van der Waals surface area contributed by atoms with Crippen molar-refractivity contribution in [3.05, 3.63) is 170 Å². The van der Waals surface area contributed by atoms with E-state index in [0.717, 1.165) is 22.3 Å².